The number of H-pyrrole nitrogens is 1. The van der Waals surface area contributed by atoms with Crippen molar-refractivity contribution < 1.29 is 4.79 Å². The van der Waals surface area contributed by atoms with E-state index in [2.05, 4.69) is 38.9 Å². The number of rotatable bonds is 7. The summed E-state index contributed by atoms with van der Waals surface area (Å²) in [5.74, 6) is 1.26. The van der Waals surface area contributed by atoms with Gasteiger partial charge in [-0.2, -0.15) is 5.26 Å². The van der Waals surface area contributed by atoms with Gasteiger partial charge in [0.25, 0.3) is 0 Å². The van der Waals surface area contributed by atoms with Gasteiger partial charge in [0, 0.05) is 25.8 Å². The van der Waals surface area contributed by atoms with Gasteiger partial charge >= 0.3 is 0 Å². The van der Waals surface area contributed by atoms with Gasteiger partial charge in [0.05, 0.1) is 17.5 Å². The van der Waals surface area contributed by atoms with Crippen LogP contribution >= 0.6 is 0 Å². The molecule has 1 saturated heterocycles. The third-order valence-corrected chi connectivity index (χ3v) is 5.51. The van der Waals surface area contributed by atoms with E-state index in [1.165, 1.54) is 0 Å². The number of nitrogens with one attached hydrogen (secondary N) is 1. The summed E-state index contributed by atoms with van der Waals surface area (Å²) in [7, 11) is 0. The third-order valence-electron chi connectivity index (χ3n) is 5.51. The Morgan fingerprint density at radius 1 is 1.50 bits per heavy atom. The topological polar surface area (TPSA) is 88.9 Å². The number of aromatic nitrogens is 3. The first-order valence-electron chi connectivity index (χ1n) is 9.96. The molecule has 28 heavy (non-hydrogen) atoms. The van der Waals surface area contributed by atoms with E-state index in [9.17, 15) is 4.79 Å². The number of carbonyl (C=O) groups excluding carboxylic acids is 1. The van der Waals surface area contributed by atoms with Crippen molar-refractivity contribution in [2.45, 2.75) is 45.6 Å². The van der Waals surface area contributed by atoms with E-state index in [0.717, 1.165) is 42.7 Å². The van der Waals surface area contributed by atoms with E-state index in [0.29, 0.717) is 19.0 Å². The normalized spacial score (nSPS) is 19.8. The molecule has 7 heteroatoms. The molecule has 0 aromatic carbocycles. The fourth-order valence-electron chi connectivity index (χ4n) is 3.92. The van der Waals surface area contributed by atoms with Gasteiger partial charge in [-0.05, 0) is 38.2 Å². The number of fused-ring (bicyclic) bond motifs is 1. The van der Waals surface area contributed by atoms with E-state index in [1.54, 1.807) is 6.33 Å². The molecule has 2 aromatic heterocycles. The molecular weight excluding hydrogens is 352 g/mol. The molecule has 1 aliphatic rings. The number of likely N-dealkylation sites (tertiary alicyclic amines) is 1. The Hall–Kier alpha value is -2.88. The summed E-state index contributed by atoms with van der Waals surface area (Å²) in [5.41, 5.74) is 0.823. The predicted molar refractivity (Wildman–Crippen MR) is 110 cm³/mol. The number of anilines is 1. The van der Waals surface area contributed by atoms with E-state index < -0.39 is 0 Å². The van der Waals surface area contributed by atoms with Crippen LogP contribution in [-0.4, -0.2) is 51.4 Å². The lowest BCUT2D eigenvalue weighted by Crippen LogP contribution is -2.54. The fourth-order valence-corrected chi connectivity index (χ4v) is 3.92. The third kappa shape index (κ3) is 4.33. The van der Waals surface area contributed by atoms with Crippen molar-refractivity contribution in [2.24, 2.45) is 5.92 Å². The van der Waals surface area contributed by atoms with Crippen molar-refractivity contribution in [1.29, 1.82) is 5.26 Å². The number of carbonyl (C=O) groups is 1. The van der Waals surface area contributed by atoms with Gasteiger partial charge in [-0.1, -0.05) is 19.1 Å². The van der Waals surface area contributed by atoms with Crippen LogP contribution in [0.4, 0.5) is 5.82 Å². The Bertz CT molecular complexity index is 867. The Morgan fingerprint density at radius 2 is 2.36 bits per heavy atom. The van der Waals surface area contributed by atoms with Crippen molar-refractivity contribution in [1.82, 2.24) is 19.9 Å². The second-order valence-corrected chi connectivity index (χ2v) is 7.35. The first-order valence-corrected chi connectivity index (χ1v) is 9.96. The Morgan fingerprint density at radius 3 is 3.14 bits per heavy atom. The molecular formula is C21H28N6O. The molecule has 2 atom stereocenters. The van der Waals surface area contributed by atoms with Crippen molar-refractivity contribution in [2.75, 3.05) is 24.5 Å². The van der Waals surface area contributed by atoms with Gasteiger partial charge in [0.2, 0.25) is 5.91 Å². The van der Waals surface area contributed by atoms with Crippen LogP contribution in [0.1, 0.15) is 39.5 Å². The highest BCUT2D eigenvalue weighted by Gasteiger charge is 2.34. The van der Waals surface area contributed by atoms with Gasteiger partial charge < -0.3 is 14.8 Å². The predicted octanol–water partition coefficient (Wildman–Crippen LogP) is 3.27. The highest BCUT2D eigenvalue weighted by atomic mass is 16.2. The summed E-state index contributed by atoms with van der Waals surface area (Å²) in [5, 5.41) is 9.90. The van der Waals surface area contributed by atoms with Crippen molar-refractivity contribution in [3.63, 3.8) is 0 Å². The molecule has 0 aliphatic carbocycles. The van der Waals surface area contributed by atoms with Crippen LogP contribution < -0.4 is 4.90 Å². The Kier molecular flexibility index (Phi) is 6.64. The lowest BCUT2D eigenvalue weighted by molar-refractivity contribution is -0.131. The summed E-state index contributed by atoms with van der Waals surface area (Å²) in [6.07, 6.45) is 10.6. The molecule has 7 nitrogen and oxygen atoms in total. The molecule has 3 rings (SSSR count). The number of nitrogens with zero attached hydrogens (tertiary/aromatic N) is 5. The van der Waals surface area contributed by atoms with Gasteiger partial charge in [-0.3, -0.25) is 4.79 Å². The summed E-state index contributed by atoms with van der Waals surface area (Å²) in [6, 6.07) is 4.16. The molecule has 0 spiro atoms. The molecule has 1 aliphatic heterocycles. The minimum absolute atomic E-state index is 0.0576. The zero-order valence-corrected chi connectivity index (χ0v) is 16.6. The van der Waals surface area contributed by atoms with Crippen molar-refractivity contribution >= 4 is 22.8 Å². The van der Waals surface area contributed by atoms with Gasteiger partial charge in [-0.15, -0.1) is 0 Å². The molecule has 1 fully saturated rings. The number of nitriles is 1. The van der Waals surface area contributed by atoms with Crippen molar-refractivity contribution in [3.8, 4) is 6.07 Å². The maximum absolute atomic E-state index is 12.3. The summed E-state index contributed by atoms with van der Waals surface area (Å²) in [6.45, 7) is 6.48. The van der Waals surface area contributed by atoms with E-state index in [-0.39, 0.29) is 18.4 Å². The fraction of sp³-hybridized carbons (Fsp3) is 0.524. The van der Waals surface area contributed by atoms with E-state index in [1.807, 2.05) is 30.2 Å². The molecule has 3 heterocycles. The average Bonchev–Trinajstić information content (AvgIpc) is 3.18. The molecule has 0 bridgehead atoms. The SMILES string of the molecule is CC=CCCCN(c1ncnc2[nH]ccc12)C1CN(C(=O)CC#N)CC[C@H]1C. The molecule has 2 aromatic rings. The highest BCUT2D eigenvalue weighted by molar-refractivity contribution is 5.87. The van der Waals surface area contributed by atoms with Crippen LogP contribution in [0.2, 0.25) is 0 Å². The second kappa shape index (κ2) is 9.36. The first kappa shape index (κ1) is 19.9. The summed E-state index contributed by atoms with van der Waals surface area (Å²) in [4.78, 5) is 28.6. The zero-order valence-electron chi connectivity index (χ0n) is 16.6. The molecule has 148 valence electrons. The van der Waals surface area contributed by atoms with Crippen LogP contribution in [0.15, 0.2) is 30.7 Å². The maximum Gasteiger partial charge on any atom is 0.236 e. The van der Waals surface area contributed by atoms with Crippen LogP contribution in [0, 0.1) is 17.2 Å². The number of amides is 1. The number of aromatic amines is 1. The maximum atomic E-state index is 12.3. The number of allylic oxidation sites excluding steroid dienone is 2. The lowest BCUT2D eigenvalue weighted by Gasteiger charge is -2.43. The van der Waals surface area contributed by atoms with Gasteiger partial charge in [0.15, 0.2) is 0 Å². The van der Waals surface area contributed by atoms with E-state index in [4.69, 9.17) is 5.26 Å². The molecule has 1 amide bonds. The number of unbranched alkanes of at least 4 members (excludes halogenated alkanes) is 1. The zero-order chi connectivity index (χ0) is 19.9. The molecule has 0 saturated carbocycles. The minimum atomic E-state index is -0.0808. The van der Waals surface area contributed by atoms with Crippen LogP contribution in [0.25, 0.3) is 11.0 Å². The largest absolute Gasteiger partial charge is 0.351 e. The Balaban J connectivity index is 1.89. The molecule has 1 unspecified atom stereocenters. The second-order valence-electron chi connectivity index (χ2n) is 7.35. The monoisotopic (exact) mass is 380 g/mol. The Labute approximate surface area is 166 Å². The van der Waals surface area contributed by atoms with Crippen molar-refractivity contribution in [3.05, 3.63) is 30.7 Å². The number of hydrogen-bond acceptors (Lipinski definition) is 5. The quantitative estimate of drug-likeness (QED) is 0.588. The number of piperidine rings is 1. The van der Waals surface area contributed by atoms with Gasteiger partial charge in [0.1, 0.15) is 24.2 Å². The molecule has 1 N–H and O–H groups in total. The van der Waals surface area contributed by atoms with Crippen LogP contribution in [-0.2, 0) is 4.79 Å². The number of hydrogen-bond donors (Lipinski definition) is 1. The first-order chi connectivity index (χ1) is 13.7. The van der Waals surface area contributed by atoms with Crippen LogP contribution in [0.3, 0.4) is 0 Å². The standard InChI is InChI=1S/C21H28N6O/c1-3-4-5-6-12-27(21-17-8-11-23-20(17)24-15-25-21)18-14-26(13-9-16(18)2)19(28)7-10-22/h3-4,8,11,15-16,18H,5-7,9,12-14H2,1-2H3,(H,23,24,25)/t16-,18?/m1/s1. The lowest BCUT2D eigenvalue weighted by atomic mass is 9.91. The summed E-state index contributed by atoms with van der Waals surface area (Å²) >= 11 is 0. The summed E-state index contributed by atoms with van der Waals surface area (Å²) < 4.78 is 0. The smallest absolute Gasteiger partial charge is 0.236 e. The van der Waals surface area contributed by atoms with E-state index >= 15 is 0 Å². The van der Waals surface area contributed by atoms with Crippen LogP contribution in [0.5, 0.6) is 0 Å². The van der Waals surface area contributed by atoms with Gasteiger partial charge in [-0.25, -0.2) is 9.97 Å². The molecule has 0 radical (unpaired) electrons. The minimum Gasteiger partial charge on any atom is -0.351 e. The highest BCUT2D eigenvalue weighted by Crippen LogP contribution is 2.30. The average molecular weight is 380 g/mol.